The van der Waals surface area contributed by atoms with Crippen LogP contribution in [0.15, 0.2) is 152 Å². The summed E-state index contributed by atoms with van der Waals surface area (Å²) in [4.78, 5) is 0. The molecule has 0 saturated carbocycles. The maximum Gasteiger partial charge on any atom is 0.0626 e. The zero-order valence-electron chi connectivity index (χ0n) is 22.4. The highest BCUT2D eigenvalue weighted by atomic mass is 15.0. The average molecular weight is 520 g/mol. The topological polar surface area (TPSA) is 4.93 Å². The highest BCUT2D eigenvalue weighted by Crippen LogP contribution is 2.46. The number of benzene rings is 8. The lowest BCUT2D eigenvalue weighted by molar-refractivity contribution is 1.19. The molecule has 0 aliphatic heterocycles. The fourth-order valence-corrected chi connectivity index (χ4v) is 6.94. The van der Waals surface area contributed by atoms with Gasteiger partial charge in [-0.1, -0.05) is 140 Å². The smallest absolute Gasteiger partial charge is 0.0626 e. The molecule has 0 unspecified atom stereocenters. The molecule has 190 valence electrons. The Bertz CT molecular complexity index is 2450. The zero-order chi connectivity index (χ0) is 26.9. The van der Waals surface area contributed by atoms with Crippen LogP contribution in [-0.4, -0.2) is 4.57 Å². The molecule has 9 aromatic rings. The molecule has 0 saturated heterocycles. The first-order valence-corrected chi connectivity index (χ1v) is 14.2. The maximum atomic E-state index is 2.52. The van der Waals surface area contributed by atoms with Gasteiger partial charge in [0.05, 0.1) is 11.0 Å². The average Bonchev–Trinajstić information content (AvgIpc) is 3.41. The quantitative estimate of drug-likeness (QED) is 0.200. The monoisotopic (exact) mass is 519 g/mol. The largest absolute Gasteiger partial charge is 0.308 e. The van der Waals surface area contributed by atoms with E-state index in [1.165, 1.54) is 81.7 Å². The molecule has 1 nitrogen and oxygen atoms in total. The van der Waals surface area contributed by atoms with Gasteiger partial charge in [0.25, 0.3) is 0 Å². The minimum Gasteiger partial charge on any atom is -0.308 e. The minimum atomic E-state index is 1.17. The molecule has 1 heterocycles. The molecular weight excluding hydrogens is 494 g/mol. The van der Waals surface area contributed by atoms with Crippen molar-refractivity contribution in [2.24, 2.45) is 0 Å². The van der Waals surface area contributed by atoms with E-state index in [-0.39, 0.29) is 0 Å². The third-order valence-electron chi connectivity index (χ3n) is 8.74. The Kier molecular flexibility index (Phi) is 4.67. The summed E-state index contributed by atoms with van der Waals surface area (Å²) >= 11 is 0. The van der Waals surface area contributed by atoms with Gasteiger partial charge < -0.3 is 4.57 Å². The van der Waals surface area contributed by atoms with Crippen molar-refractivity contribution < 1.29 is 0 Å². The SMILES string of the molecule is c1ccc(-c2ccc(-n3c4c5ccccc5ccc4c4c5c6ccccc6ccc5c5ccccc5c43)cc2)cc1. The predicted octanol–water partition coefficient (Wildman–Crippen LogP) is 11.1. The zero-order valence-corrected chi connectivity index (χ0v) is 22.4. The van der Waals surface area contributed by atoms with Gasteiger partial charge in [-0.3, -0.25) is 0 Å². The van der Waals surface area contributed by atoms with Crippen LogP contribution in [0.5, 0.6) is 0 Å². The van der Waals surface area contributed by atoms with E-state index in [1.807, 2.05) is 0 Å². The van der Waals surface area contributed by atoms with Crippen LogP contribution in [0.25, 0.3) is 81.7 Å². The molecule has 0 aliphatic rings. The van der Waals surface area contributed by atoms with Gasteiger partial charge in [0.1, 0.15) is 0 Å². The molecule has 0 fully saturated rings. The van der Waals surface area contributed by atoms with E-state index in [0.717, 1.165) is 0 Å². The van der Waals surface area contributed by atoms with Gasteiger partial charge in [0.2, 0.25) is 0 Å². The molecule has 0 radical (unpaired) electrons. The number of nitrogens with zero attached hydrogens (tertiary/aromatic N) is 1. The van der Waals surface area contributed by atoms with E-state index in [9.17, 15) is 0 Å². The van der Waals surface area contributed by atoms with Gasteiger partial charge >= 0.3 is 0 Å². The highest BCUT2D eigenvalue weighted by Gasteiger charge is 2.21. The molecule has 1 heteroatoms. The summed E-state index contributed by atoms with van der Waals surface area (Å²) in [5, 5.41) is 12.9. The van der Waals surface area contributed by atoms with Crippen LogP contribution in [0.3, 0.4) is 0 Å². The number of hydrogen-bond acceptors (Lipinski definition) is 0. The van der Waals surface area contributed by atoms with E-state index in [0.29, 0.717) is 0 Å². The van der Waals surface area contributed by atoms with Crippen molar-refractivity contribution in [2.75, 3.05) is 0 Å². The van der Waals surface area contributed by atoms with Crippen LogP contribution < -0.4 is 0 Å². The molecular formula is C40H25N. The summed E-state index contributed by atoms with van der Waals surface area (Å²) in [6, 6.07) is 55.4. The van der Waals surface area contributed by atoms with Crippen molar-refractivity contribution in [3.8, 4) is 16.8 Å². The summed E-state index contributed by atoms with van der Waals surface area (Å²) in [7, 11) is 0. The van der Waals surface area contributed by atoms with Crippen LogP contribution >= 0.6 is 0 Å². The van der Waals surface area contributed by atoms with Gasteiger partial charge in [-0.15, -0.1) is 0 Å². The van der Waals surface area contributed by atoms with Crippen molar-refractivity contribution in [1.29, 1.82) is 0 Å². The first-order valence-electron chi connectivity index (χ1n) is 14.2. The number of rotatable bonds is 2. The third-order valence-corrected chi connectivity index (χ3v) is 8.74. The lowest BCUT2D eigenvalue weighted by atomic mass is 9.92. The fraction of sp³-hybridized carbons (Fsp3) is 0. The van der Waals surface area contributed by atoms with Gasteiger partial charge in [0, 0.05) is 32.6 Å². The number of aromatic nitrogens is 1. The Hall–Kier alpha value is -5.40. The molecule has 0 atom stereocenters. The van der Waals surface area contributed by atoms with Gasteiger partial charge in [-0.05, 0) is 50.2 Å². The summed E-state index contributed by atoms with van der Waals surface area (Å²) in [5.74, 6) is 0. The molecule has 0 amide bonds. The Morgan fingerprint density at radius 2 is 0.854 bits per heavy atom. The van der Waals surface area contributed by atoms with E-state index in [4.69, 9.17) is 0 Å². The second-order valence-corrected chi connectivity index (χ2v) is 10.9. The van der Waals surface area contributed by atoms with Crippen LogP contribution in [0.2, 0.25) is 0 Å². The highest BCUT2D eigenvalue weighted by molar-refractivity contribution is 6.38. The van der Waals surface area contributed by atoms with Crippen LogP contribution in [0.4, 0.5) is 0 Å². The van der Waals surface area contributed by atoms with E-state index in [2.05, 4.69) is 156 Å². The van der Waals surface area contributed by atoms with Gasteiger partial charge in [0.15, 0.2) is 0 Å². The molecule has 0 aliphatic carbocycles. The molecule has 0 spiro atoms. The van der Waals surface area contributed by atoms with Crippen molar-refractivity contribution >= 4 is 64.9 Å². The first kappa shape index (κ1) is 22.4. The lowest BCUT2D eigenvalue weighted by Crippen LogP contribution is -1.96. The molecule has 0 bridgehead atoms. The summed E-state index contributed by atoms with van der Waals surface area (Å²) in [5.41, 5.74) is 6.15. The third kappa shape index (κ3) is 3.18. The van der Waals surface area contributed by atoms with Crippen molar-refractivity contribution in [1.82, 2.24) is 4.57 Å². The summed E-state index contributed by atoms with van der Waals surface area (Å²) in [6.07, 6.45) is 0. The Balaban J connectivity index is 1.54. The Morgan fingerprint density at radius 1 is 0.293 bits per heavy atom. The predicted molar refractivity (Wildman–Crippen MR) is 176 cm³/mol. The summed E-state index contributed by atoms with van der Waals surface area (Å²) < 4.78 is 2.52. The maximum absolute atomic E-state index is 2.52. The second-order valence-electron chi connectivity index (χ2n) is 10.9. The first-order chi connectivity index (χ1) is 20.4. The Morgan fingerprint density at radius 3 is 1.61 bits per heavy atom. The number of hydrogen-bond donors (Lipinski definition) is 0. The van der Waals surface area contributed by atoms with Crippen molar-refractivity contribution in [3.63, 3.8) is 0 Å². The fourth-order valence-electron chi connectivity index (χ4n) is 6.94. The van der Waals surface area contributed by atoms with Gasteiger partial charge in [-0.25, -0.2) is 0 Å². The van der Waals surface area contributed by atoms with Crippen LogP contribution in [-0.2, 0) is 0 Å². The number of fused-ring (bicyclic) bond motifs is 12. The Labute approximate surface area is 237 Å². The van der Waals surface area contributed by atoms with E-state index in [1.54, 1.807) is 0 Å². The second kappa shape index (κ2) is 8.55. The minimum absolute atomic E-state index is 1.17. The van der Waals surface area contributed by atoms with E-state index < -0.39 is 0 Å². The van der Waals surface area contributed by atoms with Crippen molar-refractivity contribution in [3.05, 3.63) is 152 Å². The normalized spacial score (nSPS) is 11.9. The lowest BCUT2D eigenvalue weighted by Gasteiger charge is -2.14. The van der Waals surface area contributed by atoms with Crippen LogP contribution in [0.1, 0.15) is 0 Å². The standard InChI is InChI=1S/C40H25N/c1-2-10-26(11-3-1)27-18-22-30(23-19-27)41-39-32-15-7-5-13-29(32)21-25-36(39)38-37-31-14-6-4-12-28(31)20-24-34(37)33-16-8-9-17-35(33)40(38)41/h1-25H. The molecule has 8 aromatic carbocycles. The summed E-state index contributed by atoms with van der Waals surface area (Å²) in [6.45, 7) is 0. The van der Waals surface area contributed by atoms with E-state index >= 15 is 0 Å². The van der Waals surface area contributed by atoms with Crippen molar-refractivity contribution in [2.45, 2.75) is 0 Å². The van der Waals surface area contributed by atoms with Gasteiger partial charge in [-0.2, -0.15) is 0 Å². The molecule has 41 heavy (non-hydrogen) atoms. The van der Waals surface area contributed by atoms with Crippen LogP contribution in [0, 0.1) is 0 Å². The molecule has 0 N–H and O–H groups in total. The molecule has 9 rings (SSSR count). The molecule has 1 aromatic heterocycles.